The number of fused-ring (bicyclic) bond motifs is 1. The molecule has 1 aromatic heterocycles. The number of carbonyl (C=O) groups excluding carboxylic acids is 2. The summed E-state index contributed by atoms with van der Waals surface area (Å²) < 4.78 is 10.3. The van der Waals surface area contributed by atoms with Gasteiger partial charge in [-0.1, -0.05) is 36.0 Å². The third kappa shape index (κ3) is 4.60. The van der Waals surface area contributed by atoms with Crippen LogP contribution < -0.4 is 15.5 Å². The maximum absolute atomic E-state index is 12.8. The number of methoxy groups -OCH3 is 1. The smallest absolute Gasteiger partial charge is 0.344 e. The van der Waals surface area contributed by atoms with E-state index in [1.807, 2.05) is 13.0 Å². The van der Waals surface area contributed by atoms with Gasteiger partial charge in [-0.3, -0.25) is 9.59 Å². The number of hydrogen-bond donors (Lipinski definition) is 2. The summed E-state index contributed by atoms with van der Waals surface area (Å²) in [6.45, 7) is 2.33. The highest BCUT2D eigenvalue weighted by Crippen LogP contribution is 2.26. The number of benzene rings is 2. The first kappa shape index (κ1) is 20.5. The second-order valence-corrected chi connectivity index (χ2v) is 6.95. The number of H-pyrrole nitrogens is 1. The van der Waals surface area contributed by atoms with E-state index in [0.717, 1.165) is 11.8 Å². The van der Waals surface area contributed by atoms with E-state index in [-0.39, 0.29) is 22.2 Å². The molecule has 1 amide bonds. The molecule has 8 heteroatoms. The monoisotopic (exact) mass is 412 g/mol. The predicted octanol–water partition coefficient (Wildman–Crippen LogP) is 3.44. The number of carbonyl (C=O) groups is 2. The molecule has 1 heterocycles. The summed E-state index contributed by atoms with van der Waals surface area (Å²) in [7, 11) is 1.21. The first-order chi connectivity index (χ1) is 14.0. The molecule has 0 saturated heterocycles. The molecular weight excluding hydrogens is 392 g/mol. The average Bonchev–Trinajstić information content (AvgIpc) is 2.73. The van der Waals surface area contributed by atoms with Gasteiger partial charge in [0.15, 0.2) is 0 Å². The minimum absolute atomic E-state index is 0.0151. The number of aromatic nitrogens is 1. The van der Waals surface area contributed by atoms with Gasteiger partial charge in [-0.25, -0.2) is 4.79 Å². The van der Waals surface area contributed by atoms with Gasteiger partial charge in [-0.05, 0) is 31.2 Å². The number of hydrogen-bond acceptors (Lipinski definition) is 6. The number of rotatable bonds is 7. The van der Waals surface area contributed by atoms with Crippen LogP contribution in [0.25, 0.3) is 10.9 Å². The molecule has 150 valence electrons. The first-order valence-corrected chi connectivity index (χ1v) is 9.91. The zero-order chi connectivity index (χ0) is 20.8. The van der Waals surface area contributed by atoms with Gasteiger partial charge in [-0.2, -0.15) is 0 Å². The highest BCUT2D eigenvalue weighted by atomic mass is 32.2. The number of esters is 1. The molecule has 7 nitrogen and oxygen atoms in total. The minimum atomic E-state index is -0.749. The Hall–Kier alpha value is -3.26. The number of aromatic amines is 1. The van der Waals surface area contributed by atoms with E-state index in [2.05, 4.69) is 10.3 Å². The van der Waals surface area contributed by atoms with Crippen LogP contribution in [0, 0.1) is 0 Å². The average molecular weight is 412 g/mol. The van der Waals surface area contributed by atoms with Crippen molar-refractivity contribution in [1.82, 2.24) is 4.98 Å². The lowest BCUT2D eigenvalue weighted by atomic mass is 10.1. The molecule has 0 saturated carbocycles. The van der Waals surface area contributed by atoms with E-state index in [0.29, 0.717) is 28.9 Å². The van der Waals surface area contributed by atoms with Crippen molar-refractivity contribution in [1.29, 1.82) is 0 Å². The predicted molar refractivity (Wildman–Crippen MR) is 113 cm³/mol. The van der Waals surface area contributed by atoms with E-state index >= 15 is 0 Å². The van der Waals surface area contributed by atoms with Gasteiger partial charge in [0.05, 0.1) is 35.7 Å². The van der Waals surface area contributed by atoms with Crippen molar-refractivity contribution >= 4 is 40.2 Å². The highest BCUT2D eigenvalue weighted by molar-refractivity contribution is 8.00. The summed E-state index contributed by atoms with van der Waals surface area (Å²) in [5.74, 6) is -0.491. The molecule has 2 N–H and O–H groups in total. The Morgan fingerprint density at radius 1 is 1.10 bits per heavy atom. The van der Waals surface area contributed by atoms with Gasteiger partial charge in [0, 0.05) is 5.39 Å². The van der Waals surface area contributed by atoms with Gasteiger partial charge >= 0.3 is 5.97 Å². The lowest BCUT2D eigenvalue weighted by Crippen LogP contribution is -2.20. The van der Waals surface area contributed by atoms with Crippen LogP contribution in [-0.4, -0.2) is 36.3 Å². The molecule has 3 rings (SSSR count). The van der Waals surface area contributed by atoms with Crippen LogP contribution in [-0.2, 0) is 9.53 Å². The number of anilines is 1. The van der Waals surface area contributed by atoms with Gasteiger partial charge < -0.3 is 19.8 Å². The van der Waals surface area contributed by atoms with Gasteiger partial charge in [0.25, 0.3) is 0 Å². The molecule has 2 aromatic carbocycles. The lowest BCUT2D eigenvalue weighted by Gasteiger charge is -2.12. The highest BCUT2D eigenvalue weighted by Gasteiger charge is 2.21. The fourth-order valence-corrected chi connectivity index (χ4v) is 3.63. The Kier molecular flexibility index (Phi) is 6.56. The Morgan fingerprint density at radius 3 is 2.59 bits per heavy atom. The molecule has 0 fully saturated rings. The van der Waals surface area contributed by atoms with Crippen molar-refractivity contribution in [3.8, 4) is 5.75 Å². The van der Waals surface area contributed by atoms with Gasteiger partial charge in [0.2, 0.25) is 11.3 Å². The summed E-state index contributed by atoms with van der Waals surface area (Å²) in [5, 5.41) is 3.45. The van der Waals surface area contributed by atoms with E-state index in [9.17, 15) is 14.4 Å². The fraction of sp³-hybridized carbons (Fsp3) is 0.190. The van der Waals surface area contributed by atoms with Crippen LogP contribution >= 0.6 is 11.8 Å². The molecule has 0 bridgehead atoms. The zero-order valence-corrected chi connectivity index (χ0v) is 16.8. The van der Waals surface area contributed by atoms with Crippen LogP contribution in [0.1, 0.15) is 17.3 Å². The Bertz CT molecular complexity index is 1110. The number of thioether (sulfide) groups is 1. The maximum Gasteiger partial charge on any atom is 0.344 e. The normalized spacial score (nSPS) is 10.6. The largest absolute Gasteiger partial charge is 0.492 e. The molecule has 0 aliphatic rings. The summed E-state index contributed by atoms with van der Waals surface area (Å²) in [6, 6.07) is 14.0. The van der Waals surface area contributed by atoms with Crippen molar-refractivity contribution in [2.75, 3.05) is 24.8 Å². The zero-order valence-electron chi connectivity index (χ0n) is 16.0. The van der Waals surface area contributed by atoms with Crippen LogP contribution in [0.4, 0.5) is 5.69 Å². The molecule has 0 spiro atoms. The maximum atomic E-state index is 12.8. The van der Waals surface area contributed by atoms with E-state index < -0.39 is 11.4 Å². The molecule has 0 radical (unpaired) electrons. The van der Waals surface area contributed by atoms with Crippen molar-refractivity contribution in [3.05, 3.63) is 64.3 Å². The molecule has 3 aromatic rings. The van der Waals surface area contributed by atoms with Crippen LogP contribution in [0.2, 0.25) is 0 Å². The van der Waals surface area contributed by atoms with Crippen molar-refractivity contribution < 1.29 is 19.1 Å². The second kappa shape index (κ2) is 9.29. The number of nitrogens with one attached hydrogen (secondary N) is 2. The second-order valence-electron chi connectivity index (χ2n) is 5.96. The Balaban J connectivity index is 1.84. The minimum Gasteiger partial charge on any atom is -0.492 e. The quantitative estimate of drug-likeness (QED) is 0.456. The number of ether oxygens (including phenoxy) is 2. The Morgan fingerprint density at radius 2 is 1.83 bits per heavy atom. The molecular formula is C21H20N2O5S. The summed E-state index contributed by atoms with van der Waals surface area (Å²) >= 11 is 1.06. The molecule has 29 heavy (non-hydrogen) atoms. The van der Waals surface area contributed by atoms with E-state index in [4.69, 9.17) is 9.47 Å². The molecule has 0 unspecified atom stereocenters. The Labute approximate surface area is 171 Å². The molecule has 0 aliphatic carbocycles. The number of amides is 1. The van der Waals surface area contributed by atoms with Crippen molar-refractivity contribution in [2.45, 2.75) is 11.9 Å². The van der Waals surface area contributed by atoms with Gasteiger partial charge in [0.1, 0.15) is 11.3 Å². The summed E-state index contributed by atoms with van der Waals surface area (Å²) in [5.41, 5.74) is 0.587. The van der Waals surface area contributed by atoms with Crippen LogP contribution in [0.5, 0.6) is 5.75 Å². The van der Waals surface area contributed by atoms with Crippen molar-refractivity contribution in [2.24, 2.45) is 0 Å². The van der Waals surface area contributed by atoms with Crippen LogP contribution in [0.15, 0.2) is 58.4 Å². The van der Waals surface area contributed by atoms with Crippen LogP contribution in [0.3, 0.4) is 0 Å². The number of para-hydroxylation sites is 3. The lowest BCUT2D eigenvalue weighted by molar-refractivity contribution is -0.113. The topological polar surface area (TPSA) is 97.5 Å². The third-order valence-electron chi connectivity index (χ3n) is 4.07. The van der Waals surface area contributed by atoms with E-state index in [1.165, 1.54) is 7.11 Å². The van der Waals surface area contributed by atoms with Crippen molar-refractivity contribution in [3.63, 3.8) is 0 Å². The standard InChI is InChI=1S/C21H20N2O5S/c1-3-28-16-11-7-6-10-15(16)22-17(24)12-29-20-18(21(26)27-2)19(25)13-8-4-5-9-14(13)23-20/h4-11H,3,12H2,1-2H3,(H,22,24)(H,23,25). The number of pyridine rings is 1. The van der Waals surface area contributed by atoms with E-state index in [1.54, 1.807) is 42.5 Å². The molecule has 0 aliphatic heterocycles. The SMILES string of the molecule is CCOc1ccccc1NC(=O)CSc1[nH]c2ccccc2c(=O)c1C(=O)OC. The summed E-state index contributed by atoms with van der Waals surface area (Å²) in [4.78, 5) is 40.4. The third-order valence-corrected chi connectivity index (χ3v) is 5.07. The van der Waals surface area contributed by atoms with Gasteiger partial charge in [-0.15, -0.1) is 0 Å². The summed E-state index contributed by atoms with van der Waals surface area (Å²) in [6.07, 6.45) is 0. The first-order valence-electron chi connectivity index (χ1n) is 8.93. The molecule has 0 atom stereocenters. The fourth-order valence-electron chi connectivity index (χ4n) is 2.78.